The third-order valence-corrected chi connectivity index (χ3v) is 3.43. The number of benzene rings is 1. The topological polar surface area (TPSA) is 21.3 Å². The molecule has 0 amide bonds. The number of aryl methyl sites for hydroxylation is 1. The molecule has 0 bridgehead atoms. The van der Waals surface area contributed by atoms with Crippen LogP contribution in [0.1, 0.15) is 45.2 Å². The van der Waals surface area contributed by atoms with E-state index < -0.39 is 0 Å². The molecule has 2 nitrogen and oxygen atoms in total. The molecular formula is C17H28ClNO. The van der Waals surface area contributed by atoms with Crippen LogP contribution in [0.25, 0.3) is 0 Å². The standard InChI is InChI=1S/C17H28ClNO/c1-6-9-19-15(12-20-17(3,4)5)11-14-8-7-13(2)10-16(14)18/h7-8,10,15,19H,6,9,11-12H2,1-5H3. The van der Waals surface area contributed by atoms with Gasteiger partial charge in [-0.15, -0.1) is 0 Å². The van der Waals surface area contributed by atoms with Crippen LogP contribution in [0.5, 0.6) is 0 Å². The normalized spacial score (nSPS) is 13.5. The van der Waals surface area contributed by atoms with Crippen LogP contribution in [0, 0.1) is 6.92 Å². The van der Waals surface area contributed by atoms with Crippen molar-refractivity contribution in [1.29, 1.82) is 0 Å². The Morgan fingerprint density at radius 2 is 2.00 bits per heavy atom. The van der Waals surface area contributed by atoms with E-state index in [0.717, 1.165) is 24.4 Å². The van der Waals surface area contributed by atoms with Crippen LogP contribution in [0.4, 0.5) is 0 Å². The molecule has 0 aliphatic carbocycles. The predicted molar refractivity (Wildman–Crippen MR) is 87.7 cm³/mol. The van der Waals surface area contributed by atoms with Gasteiger partial charge in [0.25, 0.3) is 0 Å². The van der Waals surface area contributed by atoms with Crippen molar-refractivity contribution in [3.8, 4) is 0 Å². The maximum absolute atomic E-state index is 6.33. The average molecular weight is 298 g/mol. The molecule has 1 rings (SSSR count). The van der Waals surface area contributed by atoms with Crippen molar-refractivity contribution in [2.75, 3.05) is 13.2 Å². The van der Waals surface area contributed by atoms with Crippen molar-refractivity contribution in [2.24, 2.45) is 0 Å². The lowest BCUT2D eigenvalue weighted by atomic mass is 10.0. The summed E-state index contributed by atoms with van der Waals surface area (Å²) in [6, 6.07) is 6.56. The van der Waals surface area contributed by atoms with Crippen molar-refractivity contribution < 1.29 is 4.74 Å². The number of halogens is 1. The number of hydrogen-bond acceptors (Lipinski definition) is 2. The van der Waals surface area contributed by atoms with Gasteiger partial charge in [0.05, 0.1) is 12.2 Å². The molecule has 0 saturated heterocycles. The third-order valence-electron chi connectivity index (χ3n) is 3.08. The molecule has 1 atom stereocenters. The minimum Gasteiger partial charge on any atom is -0.374 e. The van der Waals surface area contributed by atoms with Crippen molar-refractivity contribution in [3.63, 3.8) is 0 Å². The molecule has 3 heteroatoms. The molecular weight excluding hydrogens is 270 g/mol. The van der Waals surface area contributed by atoms with Crippen LogP contribution in [0.15, 0.2) is 18.2 Å². The van der Waals surface area contributed by atoms with Gasteiger partial charge in [-0.05, 0) is 64.3 Å². The molecule has 20 heavy (non-hydrogen) atoms. The lowest BCUT2D eigenvalue weighted by Crippen LogP contribution is -2.38. The predicted octanol–water partition coefficient (Wildman–Crippen LogP) is 4.37. The molecule has 1 aromatic carbocycles. The largest absolute Gasteiger partial charge is 0.374 e. The van der Waals surface area contributed by atoms with Crippen LogP contribution in [-0.2, 0) is 11.2 Å². The molecule has 0 radical (unpaired) electrons. The summed E-state index contributed by atoms with van der Waals surface area (Å²) in [6.45, 7) is 12.2. The first-order chi connectivity index (χ1) is 9.31. The van der Waals surface area contributed by atoms with Gasteiger partial charge in [-0.2, -0.15) is 0 Å². The fraction of sp³-hybridized carbons (Fsp3) is 0.647. The molecule has 0 aromatic heterocycles. The van der Waals surface area contributed by atoms with Gasteiger partial charge in [-0.1, -0.05) is 30.7 Å². The second-order valence-corrected chi connectivity index (χ2v) is 6.78. The Balaban J connectivity index is 2.67. The van der Waals surface area contributed by atoms with Crippen LogP contribution in [0.2, 0.25) is 5.02 Å². The van der Waals surface area contributed by atoms with Gasteiger partial charge in [-0.25, -0.2) is 0 Å². The van der Waals surface area contributed by atoms with Gasteiger partial charge in [0.1, 0.15) is 0 Å². The molecule has 1 unspecified atom stereocenters. The summed E-state index contributed by atoms with van der Waals surface area (Å²) in [5, 5.41) is 4.40. The SMILES string of the molecule is CCCNC(COC(C)(C)C)Cc1ccc(C)cc1Cl. The summed E-state index contributed by atoms with van der Waals surface area (Å²) in [4.78, 5) is 0. The van der Waals surface area contributed by atoms with E-state index in [2.05, 4.69) is 52.1 Å². The van der Waals surface area contributed by atoms with Crippen LogP contribution in [0.3, 0.4) is 0 Å². The third kappa shape index (κ3) is 6.74. The lowest BCUT2D eigenvalue weighted by Gasteiger charge is -2.25. The minimum atomic E-state index is -0.108. The zero-order chi connectivity index (χ0) is 15.2. The Bertz CT molecular complexity index is 412. The Labute approximate surface area is 128 Å². The molecule has 114 valence electrons. The summed E-state index contributed by atoms with van der Waals surface area (Å²) < 4.78 is 5.92. The molecule has 0 saturated carbocycles. The number of rotatable bonds is 7. The van der Waals surface area contributed by atoms with Crippen LogP contribution >= 0.6 is 11.6 Å². The van der Waals surface area contributed by atoms with Crippen molar-refractivity contribution in [3.05, 3.63) is 34.3 Å². The van der Waals surface area contributed by atoms with E-state index in [4.69, 9.17) is 16.3 Å². The zero-order valence-electron chi connectivity index (χ0n) is 13.4. The second-order valence-electron chi connectivity index (χ2n) is 6.37. The number of hydrogen-bond donors (Lipinski definition) is 1. The van der Waals surface area contributed by atoms with Crippen molar-refractivity contribution in [2.45, 2.75) is 59.1 Å². The van der Waals surface area contributed by atoms with Crippen LogP contribution in [-0.4, -0.2) is 24.8 Å². The Hall–Kier alpha value is -0.570. The molecule has 0 spiro atoms. The van der Waals surface area contributed by atoms with Crippen molar-refractivity contribution in [1.82, 2.24) is 5.32 Å². The molecule has 1 N–H and O–H groups in total. The van der Waals surface area contributed by atoms with E-state index in [1.807, 2.05) is 6.07 Å². The summed E-state index contributed by atoms with van der Waals surface area (Å²) in [7, 11) is 0. The monoisotopic (exact) mass is 297 g/mol. The molecule has 1 aromatic rings. The number of ether oxygens (including phenoxy) is 1. The van der Waals surface area contributed by atoms with E-state index in [0.29, 0.717) is 12.6 Å². The van der Waals surface area contributed by atoms with E-state index >= 15 is 0 Å². The quantitative estimate of drug-likeness (QED) is 0.807. The average Bonchev–Trinajstić information content (AvgIpc) is 2.34. The Kier molecular flexibility index (Phi) is 7.01. The van der Waals surface area contributed by atoms with Gasteiger partial charge in [0.2, 0.25) is 0 Å². The zero-order valence-corrected chi connectivity index (χ0v) is 14.2. The maximum Gasteiger partial charge on any atom is 0.0630 e. The summed E-state index contributed by atoms with van der Waals surface area (Å²) >= 11 is 6.33. The highest BCUT2D eigenvalue weighted by molar-refractivity contribution is 6.31. The highest BCUT2D eigenvalue weighted by Gasteiger charge is 2.16. The first-order valence-corrected chi connectivity index (χ1v) is 7.82. The van der Waals surface area contributed by atoms with E-state index in [1.165, 1.54) is 11.1 Å². The first-order valence-electron chi connectivity index (χ1n) is 7.44. The molecule has 0 aliphatic heterocycles. The molecule has 0 fully saturated rings. The van der Waals surface area contributed by atoms with Gasteiger partial charge in [-0.3, -0.25) is 0 Å². The fourth-order valence-electron chi connectivity index (χ4n) is 1.97. The molecule has 0 heterocycles. The minimum absolute atomic E-state index is 0.108. The van der Waals surface area contributed by atoms with Gasteiger partial charge in [0.15, 0.2) is 0 Å². The lowest BCUT2D eigenvalue weighted by molar-refractivity contribution is -0.0143. The first kappa shape index (κ1) is 17.5. The number of nitrogens with one attached hydrogen (secondary N) is 1. The highest BCUT2D eigenvalue weighted by Crippen LogP contribution is 2.20. The Morgan fingerprint density at radius 1 is 1.30 bits per heavy atom. The van der Waals surface area contributed by atoms with Gasteiger partial charge < -0.3 is 10.1 Å². The van der Waals surface area contributed by atoms with E-state index in [1.54, 1.807) is 0 Å². The highest BCUT2D eigenvalue weighted by atomic mass is 35.5. The van der Waals surface area contributed by atoms with E-state index in [-0.39, 0.29) is 5.60 Å². The van der Waals surface area contributed by atoms with Gasteiger partial charge in [0, 0.05) is 11.1 Å². The Morgan fingerprint density at radius 3 is 2.55 bits per heavy atom. The maximum atomic E-state index is 6.33. The van der Waals surface area contributed by atoms with E-state index in [9.17, 15) is 0 Å². The summed E-state index contributed by atoms with van der Waals surface area (Å²) in [5.41, 5.74) is 2.27. The van der Waals surface area contributed by atoms with Crippen molar-refractivity contribution >= 4 is 11.6 Å². The molecule has 0 aliphatic rings. The smallest absolute Gasteiger partial charge is 0.0630 e. The second kappa shape index (κ2) is 8.02. The van der Waals surface area contributed by atoms with Gasteiger partial charge >= 0.3 is 0 Å². The van der Waals surface area contributed by atoms with Crippen LogP contribution < -0.4 is 5.32 Å². The summed E-state index contributed by atoms with van der Waals surface area (Å²) in [6.07, 6.45) is 2.02. The fourth-order valence-corrected chi connectivity index (χ4v) is 2.28. The summed E-state index contributed by atoms with van der Waals surface area (Å²) in [5.74, 6) is 0.